The molecule has 7 heteroatoms. The molecule has 3 rings (SSSR count). The topological polar surface area (TPSA) is 81.5 Å². The second-order valence-corrected chi connectivity index (χ2v) is 5.63. The highest BCUT2D eigenvalue weighted by molar-refractivity contribution is 5.95. The Kier molecular flexibility index (Phi) is 5.41. The SMILES string of the molecule is O=C(Nc1cc([N+](=O)[O-])ccc1F)C(Oc1ccccc1)c1ccccc1. The van der Waals surface area contributed by atoms with Crippen molar-refractivity contribution in [2.24, 2.45) is 0 Å². The zero-order valence-electron chi connectivity index (χ0n) is 14.0. The Labute approximate surface area is 154 Å². The van der Waals surface area contributed by atoms with Crippen LogP contribution in [0.4, 0.5) is 15.8 Å². The summed E-state index contributed by atoms with van der Waals surface area (Å²) in [5, 5.41) is 13.3. The number of hydrogen-bond donors (Lipinski definition) is 1. The molecule has 0 saturated heterocycles. The number of para-hydroxylation sites is 1. The third-order valence-electron chi connectivity index (χ3n) is 3.76. The molecule has 0 heterocycles. The van der Waals surface area contributed by atoms with Crippen molar-refractivity contribution >= 4 is 17.3 Å². The van der Waals surface area contributed by atoms with Crippen LogP contribution in [-0.4, -0.2) is 10.8 Å². The molecule has 1 atom stereocenters. The second kappa shape index (κ2) is 8.09. The molecule has 27 heavy (non-hydrogen) atoms. The van der Waals surface area contributed by atoms with Gasteiger partial charge in [0.15, 0.2) is 0 Å². The van der Waals surface area contributed by atoms with Gasteiger partial charge in [-0.25, -0.2) is 4.39 Å². The fourth-order valence-electron chi connectivity index (χ4n) is 2.46. The molecular formula is C20H15FN2O4. The monoisotopic (exact) mass is 366 g/mol. The minimum absolute atomic E-state index is 0.285. The van der Waals surface area contributed by atoms with Crippen molar-refractivity contribution in [3.05, 3.63) is 100 Å². The van der Waals surface area contributed by atoms with Crippen molar-refractivity contribution in [3.8, 4) is 5.75 Å². The fraction of sp³-hybridized carbons (Fsp3) is 0.0500. The maximum absolute atomic E-state index is 14.0. The number of hydrogen-bond acceptors (Lipinski definition) is 4. The Morgan fingerprint density at radius 1 is 1.00 bits per heavy atom. The predicted molar refractivity (Wildman–Crippen MR) is 97.9 cm³/mol. The van der Waals surface area contributed by atoms with Crippen LogP contribution in [0, 0.1) is 15.9 Å². The first-order valence-electron chi connectivity index (χ1n) is 8.06. The average molecular weight is 366 g/mol. The van der Waals surface area contributed by atoms with E-state index in [0.29, 0.717) is 11.3 Å². The van der Waals surface area contributed by atoms with Gasteiger partial charge in [-0.2, -0.15) is 0 Å². The number of nitrogens with zero attached hydrogens (tertiary/aromatic N) is 1. The largest absolute Gasteiger partial charge is 0.476 e. The summed E-state index contributed by atoms with van der Waals surface area (Å²) < 4.78 is 19.8. The first kappa shape index (κ1) is 18.1. The third kappa shape index (κ3) is 4.46. The zero-order chi connectivity index (χ0) is 19.2. The van der Waals surface area contributed by atoms with Gasteiger partial charge >= 0.3 is 0 Å². The number of nitro groups is 1. The maximum atomic E-state index is 14.0. The minimum atomic E-state index is -1.06. The lowest BCUT2D eigenvalue weighted by Gasteiger charge is -2.19. The second-order valence-electron chi connectivity index (χ2n) is 5.63. The molecule has 136 valence electrons. The van der Waals surface area contributed by atoms with E-state index < -0.39 is 22.8 Å². The van der Waals surface area contributed by atoms with E-state index in [1.165, 1.54) is 0 Å². The lowest BCUT2D eigenvalue weighted by Crippen LogP contribution is -2.26. The van der Waals surface area contributed by atoms with Crippen LogP contribution in [0.25, 0.3) is 0 Å². The van der Waals surface area contributed by atoms with Gasteiger partial charge < -0.3 is 10.1 Å². The summed E-state index contributed by atoms with van der Waals surface area (Å²) in [6.07, 6.45) is -1.06. The zero-order valence-corrected chi connectivity index (χ0v) is 14.0. The molecule has 0 aromatic heterocycles. The maximum Gasteiger partial charge on any atom is 0.271 e. The van der Waals surface area contributed by atoms with Gasteiger partial charge in [-0.05, 0) is 18.2 Å². The van der Waals surface area contributed by atoms with Gasteiger partial charge in [0, 0.05) is 17.7 Å². The van der Waals surface area contributed by atoms with E-state index in [1.54, 1.807) is 54.6 Å². The van der Waals surface area contributed by atoms with E-state index in [4.69, 9.17) is 4.74 Å². The molecule has 1 unspecified atom stereocenters. The number of nitro benzene ring substituents is 1. The molecule has 0 aliphatic rings. The molecule has 3 aromatic rings. The number of benzene rings is 3. The Morgan fingerprint density at radius 3 is 2.26 bits per heavy atom. The van der Waals surface area contributed by atoms with Crippen LogP contribution in [0.1, 0.15) is 11.7 Å². The summed E-state index contributed by atoms with van der Waals surface area (Å²) in [5.74, 6) is -0.967. The molecule has 0 fully saturated rings. The number of nitrogens with one attached hydrogen (secondary N) is 1. The van der Waals surface area contributed by atoms with E-state index in [2.05, 4.69) is 5.32 Å². The van der Waals surface area contributed by atoms with Crippen molar-refractivity contribution in [2.45, 2.75) is 6.10 Å². The number of amides is 1. The van der Waals surface area contributed by atoms with Gasteiger partial charge in [-0.15, -0.1) is 0 Å². The van der Waals surface area contributed by atoms with Crippen LogP contribution >= 0.6 is 0 Å². The van der Waals surface area contributed by atoms with Gasteiger partial charge in [0.1, 0.15) is 11.6 Å². The Morgan fingerprint density at radius 2 is 1.63 bits per heavy atom. The average Bonchev–Trinajstić information content (AvgIpc) is 2.69. The minimum Gasteiger partial charge on any atom is -0.476 e. The van der Waals surface area contributed by atoms with E-state index >= 15 is 0 Å². The first-order chi connectivity index (χ1) is 13.0. The number of rotatable bonds is 6. The van der Waals surface area contributed by atoms with Gasteiger partial charge in [-0.3, -0.25) is 14.9 Å². The van der Waals surface area contributed by atoms with Gasteiger partial charge in [0.2, 0.25) is 6.10 Å². The summed E-state index contributed by atoms with van der Waals surface area (Å²) in [4.78, 5) is 23.0. The molecule has 0 bridgehead atoms. The van der Waals surface area contributed by atoms with E-state index in [0.717, 1.165) is 18.2 Å². The number of anilines is 1. The van der Waals surface area contributed by atoms with E-state index in [-0.39, 0.29) is 11.4 Å². The molecule has 0 spiro atoms. The predicted octanol–water partition coefficient (Wildman–Crippen LogP) is 4.49. The summed E-state index contributed by atoms with van der Waals surface area (Å²) in [6.45, 7) is 0. The molecule has 1 N–H and O–H groups in total. The standard InChI is InChI=1S/C20H15FN2O4/c21-17-12-11-15(23(25)26)13-18(17)22-20(24)19(14-7-3-1-4-8-14)27-16-9-5-2-6-10-16/h1-13,19H,(H,22,24). The number of halogens is 1. The molecule has 0 radical (unpaired) electrons. The van der Waals surface area contributed by atoms with Crippen LogP contribution in [0.2, 0.25) is 0 Å². The summed E-state index contributed by atoms with van der Waals surface area (Å²) >= 11 is 0. The van der Waals surface area contributed by atoms with Crippen molar-refractivity contribution in [2.75, 3.05) is 5.32 Å². The molecular weight excluding hydrogens is 351 g/mol. The van der Waals surface area contributed by atoms with Gasteiger partial charge in [-0.1, -0.05) is 48.5 Å². The van der Waals surface area contributed by atoms with Gasteiger partial charge in [0.05, 0.1) is 10.6 Å². The Balaban J connectivity index is 1.89. The summed E-state index contributed by atoms with van der Waals surface area (Å²) in [6, 6.07) is 20.3. The fourth-order valence-corrected chi connectivity index (χ4v) is 2.46. The highest BCUT2D eigenvalue weighted by Gasteiger charge is 2.24. The van der Waals surface area contributed by atoms with Gasteiger partial charge in [0.25, 0.3) is 11.6 Å². The number of carbonyl (C=O) groups excluding carboxylic acids is 1. The third-order valence-corrected chi connectivity index (χ3v) is 3.76. The quantitative estimate of drug-likeness (QED) is 0.515. The molecule has 0 saturated carbocycles. The molecule has 3 aromatic carbocycles. The normalized spacial score (nSPS) is 11.4. The van der Waals surface area contributed by atoms with Crippen molar-refractivity contribution < 1.29 is 18.8 Å². The van der Waals surface area contributed by atoms with Crippen molar-refractivity contribution in [3.63, 3.8) is 0 Å². The summed E-state index contributed by atoms with van der Waals surface area (Å²) in [5.41, 5.74) is -0.0524. The highest BCUT2D eigenvalue weighted by atomic mass is 19.1. The van der Waals surface area contributed by atoms with E-state index in [9.17, 15) is 19.3 Å². The lowest BCUT2D eigenvalue weighted by molar-refractivity contribution is -0.384. The van der Waals surface area contributed by atoms with E-state index in [1.807, 2.05) is 6.07 Å². The van der Waals surface area contributed by atoms with Crippen molar-refractivity contribution in [1.82, 2.24) is 0 Å². The number of ether oxygens (including phenoxy) is 1. The smallest absolute Gasteiger partial charge is 0.271 e. The highest BCUT2D eigenvalue weighted by Crippen LogP contribution is 2.26. The van der Waals surface area contributed by atoms with Crippen molar-refractivity contribution in [1.29, 1.82) is 0 Å². The molecule has 0 aliphatic carbocycles. The van der Waals surface area contributed by atoms with Crippen LogP contribution < -0.4 is 10.1 Å². The molecule has 6 nitrogen and oxygen atoms in total. The first-order valence-corrected chi connectivity index (χ1v) is 8.06. The lowest BCUT2D eigenvalue weighted by atomic mass is 10.1. The number of non-ortho nitro benzene ring substituents is 1. The van der Waals surface area contributed by atoms with Crippen LogP contribution in [0.15, 0.2) is 78.9 Å². The Bertz CT molecular complexity index is 949. The Hall–Kier alpha value is -3.74. The number of carbonyl (C=O) groups is 1. The molecule has 0 aliphatic heterocycles. The molecule has 1 amide bonds. The van der Waals surface area contributed by atoms with Crippen LogP contribution in [-0.2, 0) is 4.79 Å². The summed E-state index contributed by atoms with van der Waals surface area (Å²) in [7, 11) is 0. The van der Waals surface area contributed by atoms with Crippen LogP contribution in [0.3, 0.4) is 0 Å². The van der Waals surface area contributed by atoms with Crippen LogP contribution in [0.5, 0.6) is 5.75 Å².